The third-order valence-corrected chi connectivity index (χ3v) is 8.21. The van der Waals surface area contributed by atoms with Crippen molar-refractivity contribution in [2.75, 3.05) is 52.8 Å². The summed E-state index contributed by atoms with van der Waals surface area (Å²) in [5.41, 5.74) is 3.84. The number of benzene rings is 3. The van der Waals surface area contributed by atoms with Gasteiger partial charge in [0.15, 0.2) is 0 Å². The number of aliphatic hydroxyl groups excluding tert-OH is 1. The summed E-state index contributed by atoms with van der Waals surface area (Å²) in [6.45, 7) is 2.21. The van der Waals surface area contributed by atoms with E-state index >= 15 is 0 Å². The fourth-order valence-corrected chi connectivity index (χ4v) is 5.86. The van der Waals surface area contributed by atoms with E-state index in [-0.39, 0.29) is 36.7 Å². The molecule has 0 spiro atoms. The Morgan fingerprint density at radius 2 is 1.65 bits per heavy atom. The number of amides is 2. The highest BCUT2D eigenvalue weighted by Crippen LogP contribution is 2.42. The van der Waals surface area contributed by atoms with E-state index in [1.807, 2.05) is 59.5 Å². The Labute approximate surface area is 237 Å². The van der Waals surface area contributed by atoms with Crippen molar-refractivity contribution in [1.82, 2.24) is 14.7 Å². The van der Waals surface area contributed by atoms with Crippen molar-refractivity contribution in [3.63, 3.8) is 0 Å². The normalized spacial score (nSPS) is 22.7. The van der Waals surface area contributed by atoms with Crippen LogP contribution < -0.4 is 10.1 Å². The maximum atomic E-state index is 13.5. The Morgan fingerprint density at radius 1 is 0.975 bits per heavy atom. The topological polar surface area (TPSA) is 68.3 Å². The molecule has 7 nitrogen and oxygen atoms in total. The van der Waals surface area contributed by atoms with Crippen LogP contribution in [-0.2, 0) is 0 Å². The van der Waals surface area contributed by atoms with Crippen LogP contribution in [0, 0.1) is 11.8 Å². The van der Waals surface area contributed by atoms with Gasteiger partial charge < -0.3 is 25.0 Å². The molecule has 0 aromatic heterocycles. The van der Waals surface area contributed by atoms with Gasteiger partial charge in [0, 0.05) is 60.5 Å². The molecule has 2 fully saturated rings. The summed E-state index contributed by atoms with van der Waals surface area (Å²) in [5.74, 6) is 7.34. The van der Waals surface area contributed by atoms with Gasteiger partial charge in [0.2, 0.25) is 0 Å². The summed E-state index contributed by atoms with van der Waals surface area (Å²) in [7, 11) is 5.80. The standard InChI is InChI=1S/C33H38N4O3/c1-35(2)28-19-20-36(33(39)34-27-15-17-29(40-3)18-16-27)22-30-32(31(23-38)37(30)21-28)26-13-11-25(12-14-26)10-9-24-7-5-4-6-8-24/h4-8,11-18,28,30-32,38H,19-23H2,1-3H3,(H,34,39)/t28?,30?,31-,32?/m1/s1. The summed E-state index contributed by atoms with van der Waals surface area (Å²) in [4.78, 5) is 20.0. The second-order valence-corrected chi connectivity index (χ2v) is 10.8. The maximum Gasteiger partial charge on any atom is 0.321 e. The largest absolute Gasteiger partial charge is 0.497 e. The third kappa shape index (κ3) is 6.15. The lowest BCUT2D eigenvalue weighted by Gasteiger charge is -2.58. The molecule has 0 radical (unpaired) electrons. The number of rotatable bonds is 5. The predicted octanol–water partition coefficient (Wildman–Crippen LogP) is 4.09. The summed E-state index contributed by atoms with van der Waals surface area (Å²) in [6, 6.07) is 26.0. The molecule has 40 heavy (non-hydrogen) atoms. The van der Waals surface area contributed by atoms with Crippen LogP contribution >= 0.6 is 0 Å². The first-order valence-corrected chi connectivity index (χ1v) is 13.9. The first-order chi connectivity index (χ1) is 19.5. The Balaban J connectivity index is 1.36. The Kier molecular flexibility index (Phi) is 8.71. The van der Waals surface area contributed by atoms with Gasteiger partial charge in [-0.1, -0.05) is 42.2 Å². The van der Waals surface area contributed by atoms with Gasteiger partial charge in [-0.05, 0) is 74.6 Å². The monoisotopic (exact) mass is 538 g/mol. The number of fused-ring (bicyclic) bond motifs is 1. The lowest BCUT2D eigenvalue weighted by atomic mass is 9.74. The molecule has 208 valence electrons. The zero-order valence-electron chi connectivity index (χ0n) is 23.5. The average Bonchev–Trinajstić information content (AvgIpc) is 2.96. The van der Waals surface area contributed by atoms with Crippen LogP contribution in [0.4, 0.5) is 10.5 Å². The lowest BCUT2D eigenvalue weighted by molar-refractivity contribution is -0.0723. The molecule has 4 atom stereocenters. The van der Waals surface area contributed by atoms with E-state index in [2.05, 4.69) is 65.3 Å². The minimum atomic E-state index is -0.109. The molecule has 7 heteroatoms. The first-order valence-electron chi connectivity index (χ1n) is 13.9. The predicted molar refractivity (Wildman–Crippen MR) is 159 cm³/mol. The highest BCUT2D eigenvalue weighted by atomic mass is 16.5. The zero-order chi connectivity index (χ0) is 28.1. The SMILES string of the molecule is COc1ccc(NC(=O)N2CCC(N(C)C)CN3C(C2)C(c2ccc(C#Cc4ccccc4)cc2)[C@H]3CO)cc1. The number of aliphatic hydroxyl groups is 1. The van der Waals surface area contributed by atoms with E-state index < -0.39 is 0 Å². The van der Waals surface area contributed by atoms with Crippen LogP contribution in [0.1, 0.15) is 29.0 Å². The second kappa shape index (κ2) is 12.6. The number of hydrogen-bond acceptors (Lipinski definition) is 5. The minimum absolute atomic E-state index is 0.0123. The molecule has 3 aromatic rings. The van der Waals surface area contributed by atoms with E-state index in [0.717, 1.165) is 35.5 Å². The molecule has 3 unspecified atom stereocenters. The number of likely N-dealkylation sites (N-methyl/N-ethyl adjacent to an activating group) is 1. The van der Waals surface area contributed by atoms with Crippen molar-refractivity contribution in [1.29, 1.82) is 0 Å². The van der Waals surface area contributed by atoms with E-state index in [1.165, 1.54) is 5.56 Å². The molecule has 0 bridgehead atoms. The number of hydrogen-bond donors (Lipinski definition) is 2. The number of methoxy groups -OCH3 is 1. The number of nitrogens with zero attached hydrogens (tertiary/aromatic N) is 3. The van der Waals surface area contributed by atoms with Gasteiger partial charge in [-0.15, -0.1) is 0 Å². The van der Waals surface area contributed by atoms with Gasteiger partial charge in [-0.25, -0.2) is 4.79 Å². The molecular weight excluding hydrogens is 500 g/mol. The van der Waals surface area contributed by atoms with E-state index in [0.29, 0.717) is 13.1 Å². The Bertz CT molecular complexity index is 1330. The molecule has 3 aromatic carbocycles. The first kappa shape index (κ1) is 27.7. The highest BCUT2D eigenvalue weighted by molar-refractivity contribution is 5.89. The number of ether oxygens (including phenoxy) is 1. The van der Waals surface area contributed by atoms with Gasteiger partial charge >= 0.3 is 6.03 Å². The third-order valence-electron chi connectivity index (χ3n) is 8.21. The molecule has 2 N–H and O–H groups in total. The van der Waals surface area contributed by atoms with Gasteiger partial charge in [-0.2, -0.15) is 0 Å². The molecule has 0 aliphatic carbocycles. The molecule has 2 heterocycles. The number of carbonyl (C=O) groups is 1. The minimum Gasteiger partial charge on any atom is -0.497 e. The van der Waals surface area contributed by atoms with Gasteiger partial charge in [0.1, 0.15) is 5.75 Å². The van der Waals surface area contributed by atoms with Crippen LogP contribution in [0.25, 0.3) is 0 Å². The van der Waals surface area contributed by atoms with Crippen molar-refractivity contribution in [2.45, 2.75) is 30.5 Å². The number of carbonyl (C=O) groups excluding carboxylic acids is 1. The second-order valence-electron chi connectivity index (χ2n) is 10.8. The average molecular weight is 539 g/mol. The van der Waals surface area contributed by atoms with Crippen LogP contribution in [-0.4, -0.2) is 91.4 Å². The fourth-order valence-electron chi connectivity index (χ4n) is 5.86. The molecule has 2 amide bonds. The van der Waals surface area contributed by atoms with E-state index in [9.17, 15) is 9.90 Å². The van der Waals surface area contributed by atoms with E-state index in [1.54, 1.807) is 7.11 Å². The number of anilines is 1. The van der Waals surface area contributed by atoms with Crippen molar-refractivity contribution >= 4 is 11.7 Å². The molecule has 2 saturated heterocycles. The lowest BCUT2D eigenvalue weighted by Crippen LogP contribution is -2.70. The van der Waals surface area contributed by atoms with Gasteiger partial charge in [-0.3, -0.25) is 4.90 Å². The van der Waals surface area contributed by atoms with E-state index in [4.69, 9.17) is 4.74 Å². The quantitative estimate of drug-likeness (QED) is 0.479. The van der Waals surface area contributed by atoms with Crippen LogP contribution in [0.5, 0.6) is 5.75 Å². The molecular formula is C33H38N4O3. The summed E-state index contributed by atoms with van der Waals surface area (Å²) in [6.07, 6.45) is 0.865. The maximum absolute atomic E-state index is 13.5. The molecule has 5 rings (SSSR count). The molecule has 2 aliphatic rings. The summed E-state index contributed by atoms with van der Waals surface area (Å²) in [5, 5.41) is 13.5. The Morgan fingerprint density at radius 3 is 2.27 bits per heavy atom. The molecule has 2 aliphatic heterocycles. The smallest absolute Gasteiger partial charge is 0.321 e. The van der Waals surface area contributed by atoms with Crippen molar-refractivity contribution in [3.8, 4) is 17.6 Å². The Hall–Kier alpha value is -3.83. The zero-order valence-corrected chi connectivity index (χ0v) is 23.5. The van der Waals surface area contributed by atoms with Crippen LogP contribution in [0.2, 0.25) is 0 Å². The van der Waals surface area contributed by atoms with Gasteiger partial charge in [0.05, 0.1) is 13.7 Å². The molecule has 0 saturated carbocycles. The fraction of sp³-hybridized carbons (Fsp3) is 0.364. The summed E-state index contributed by atoms with van der Waals surface area (Å²) >= 11 is 0. The van der Waals surface area contributed by atoms with Crippen LogP contribution in [0.3, 0.4) is 0 Å². The van der Waals surface area contributed by atoms with Crippen molar-refractivity contribution in [3.05, 3.63) is 95.6 Å². The summed E-state index contributed by atoms with van der Waals surface area (Å²) < 4.78 is 5.24. The number of nitrogens with one attached hydrogen (secondary N) is 1. The number of urea groups is 1. The van der Waals surface area contributed by atoms with Crippen molar-refractivity contribution in [2.24, 2.45) is 0 Å². The highest BCUT2D eigenvalue weighted by Gasteiger charge is 2.50. The van der Waals surface area contributed by atoms with Crippen molar-refractivity contribution < 1.29 is 14.6 Å². The van der Waals surface area contributed by atoms with Gasteiger partial charge in [0.25, 0.3) is 0 Å². The van der Waals surface area contributed by atoms with Crippen LogP contribution in [0.15, 0.2) is 78.9 Å².